The van der Waals surface area contributed by atoms with Crippen molar-refractivity contribution < 1.29 is 9.53 Å². The van der Waals surface area contributed by atoms with Gasteiger partial charge in [-0.05, 0) is 43.7 Å². The van der Waals surface area contributed by atoms with Gasteiger partial charge in [-0.15, -0.1) is 12.4 Å². The lowest BCUT2D eigenvalue weighted by molar-refractivity contribution is 0.0600. The minimum absolute atomic E-state index is 0. The van der Waals surface area contributed by atoms with E-state index < -0.39 is 0 Å². The number of hydrogen-bond acceptors (Lipinski definition) is 3. The van der Waals surface area contributed by atoms with Gasteiger partial charge in [0.2, 0.25) is 0 Å². The Labute approximate surface area is 144 Å². The van der Waals surface area contributed by atoms with Crippen LogP contribution in [0.1, 0.15) is 28.4 Å². The van der Waals surface area contributed by atoms with E-state index in [4.69, 9.17) is 4.74 Å². The van der Waals surface area contributed by atoms with Crippen LogP contribution < -0.4 is 0 Å². The van der Waals surface area contributed by atoms with Crippen molar-refractivity contribution in [1.82, 2.24) is 4.90 Å². The fourth-order valence-corrected chi connectivity index (χ4v) is 2.47. The second-order valence-electron chi connectivity index (χ2n) is 5.65. The molecule has 0 aromatic heterocycles. The summed E-state index contributed by atoms with van der Waals surface area (Å²) in [6.45, 7) is 3.12. The summed E-state index contributed by atoms with van der Waals surface area (Å²) in [7, 11) is 3.53. The average Bonchev–Trinajstić information content (AvgIpc) is 2.55. The topological polar surface area (TPSA) is 29.5 Å². The van der Waals surface area contributed by atoms with Gasteiger partial charge >= 0.3 is 5.97 Å². The van der Waals surface area contributed by atoms with Crippen molar-refractivity contribution in [3.63, 3.8) is 0 Å². The Morgan fingerprint density at radius 2 is 1.74 bits per heavy atom. The zero-order chi connectivity index (χ0) is 15.9. The fourth-order valence-electron chi connectivity index (χ4n) is 2.47. The van der Waals surface area contributed by atoms with Gasteiger partial charge in [0, 0.05) is 12.6 Å². The molecule has 0 N–H and O–H groups in total. The third-order valence-corrected chi connectivity index (χ3v) is 3.91. The van der Waals surface area contributed by atoms with Crippen LogP contribution in [-0.4, -0.2) is 31.1 Å². The van der Waals surface area contributed by atoms with Gasteiger partial charge in [0.05, 0.1) is 12.7 Å². The van der Waals surface area contributed by atoms with E-state index in [1.165, 1.54) is 12.7 Å². The van der Waals surface area contributed by atoms with E-state index in [2.05, 4.69) is 49.2 Å². The normalized spacial score (nSPS) is 11.7. The number of methoxy groups -OCH3 is 1. The first-order chi connectivity index (χ1) is 10.6. The minimum Gasteiger partial charge on any atom is -0.465 e. The van der Waals surface area contributed by atoms with Crippen LogP contribution in [0.3, 0.4) is 0 Å². The highest BCUT2D eigenvalue weighted by atomic mass is 35.5. The monoisotopic (exact) mass is 333 g/mol. The van der Waals surface area contributed by atoms with Crippen LogP contribution in [0.2, 0.25) is 0 Å². The molecule has 2 rings (SSSR count). The van der Waals surface area contributed by atoms with Crippen LogP contribution >= 0.6 is 12.4 Å². The molecule has 0 fully saturated rings. The van der Waals surface area contributed by atoms with Gasteiger partial charge in [-0.2, -0.15) is 0 Å². The van der Waals surface area contributed by atoms with E-state index in [-0.39, 0.29) is 18.4 Å². The SMILES string of the molecule is COC(=O)c1cccc(CC(C)N(C)Cc2ccccc2)c1.Cl. The Hall–Kier alpha value is -1.84. The molecular weight excluding hydrogens is 310 g/mol. The van der Waals surface area contributed by atoms with Crippen LogP contribution in [0.25, 0.3) is 0 Å². The smallest absolute Gasteiger partial charge is 0.337 e. The molecule has 124 valence electrons. The molecule has 0 heterocycles. The third kappa shape index (κ3) is 5.70. The molecule has 0 aliphatic rings. The predicted octanol–water partition coefficient (Wildman–Crippen LogP) is 3.96. The van der Waals surface area contributed by atoms with E-state index >= 15 is 0 Å². The van der Waals surface area contributed by atoms with Crippen LogP contribution in [0.5, 0.6) is 0 Å². The lowest BCUT2D eigenvalue weighted by Crippen LogP contribution is -2.30. The highest BCUT2D eigenvalue weighted by Crippen LogP contribution is 2.13. The summed E-state index contributed by atoms with van der Waals surface area (Å²) < 4.78 is 4.77. The summed E-state index contributed by atoms with van der Waals surface area (Å²) in [5.74, 6) is -0.285. The molecule has 4 heteroatoms. The minimum atomic E-state index is -0.285. The molecular formula is C19H24ClNO2. The third-order valence-electron chi connectivity index (χ3n) is 3.91. The van der Waals surface area contributed by atoms with Gasteiger partial charge in [0.25, 0.3) is 0 Å². The van der Waals surface area contributed by atoms with E-state index in [1.807, 2.05) is 18.2 Å². The Morgan fingerprint density at radius 1 is 1.09 bits per heavy atom. The number of halogens is 1. The maximum absolute atomic E-state index is 11.6. The Balaban J connectivity index is 0.00000264. The second kappa shape index (κ2) is 9.33. The van der Waals surface area contributed by atoms with Crippen molar-refractivity contribution in [1.29, 1.82) is 0 Å². The predicted molar refractivity (Wildman–Crippen MR) is 96.1 cm³/mol. The van der Waals surface area contributed by atoms with Gasteiger partial charge in [-0.1, -0.05) is 42.5 Å². The summed E-state index contributed by atoms with van der Waals surface area (Å²) in [4.78, 5) is 13.9. The number of ether oxygens (including phenoxy) is 1. The zero-order valence-electron chi connectivity index (χ0n) is 13.9. The zero-order valence-corrected chi connectivity index (χ0v) is 14.7. The summed E-state index contributed by atoms with van der Waals surface area (Å²) in [6, 6.07) is 18.5. The first-order valence-corrected chi connectivity index (χ1v) is 7.51. The van der Waals surface area contributed by atoms with Crippen LogP contribution in [0, 0.1) is 0 Å². The number of nitrogens with zero attached hydrogens (tertiary/aromatic N) is 1. The largest absolute Gasteiger partial charge is 0.465 e. The number of rotatable bonds is 6. The van der Waals surface area contributed by atoms with Crippen LogP contribution in [0.4, 0.5) is 0 Å². The number of carbonyl (C=O) groups is 1. The fraction of sp³-hybridized carbons (Fsp3) is 0.316. The standard InChI is InChI=1S/C19H23NO2.ClH/c1-15(20(2)14-16-8-5-4-6-9-16)12-17-10-7-11-18(13-17)19(21)22-3;/h4-11,13,15H,12,14H2,1-3H3;1H. The highest BCUT2D eigenvalue weighted by molar-refractivity contribution is 5.89. The molecule has 3 nitrogen and oxygen atoms in total. The molecule has 2 aromatic carbocycles. The van der Waals surface area contributed by atoms with Crippen molar-refractivity contribution >= 4 is 18.4 Å². The van der Waals surface area contributed by atoms with E-state index in [1.54, 1.807) is 6.07 Å². The molecule has 0 saturated heterocycles. The van der Waals surface area contributed by atoms with Crippen LogP contribution in [-0.2, 0) is 17.7 Å². The first-order valence-electron chi connectivity index (χ1n) is 7.51. The summed E-state index contributed by atoms with van der Waals surface area (Å²) in [5, 5.41) is 0. The molecule has 0 radical (unpaired) electrons. The maximum Gasteiger partial charge on any atom is 0.337 e. The molecule has 0 spiro atoms. The molecule has 1 unspecified atom stereocenters. The van der Waals surface area contributed by atoms with E-state index in [9.17, 15) is 4.79 Å². The van der Waals surface area contributed by atoms with Gasteiger partial charge in [-0.25, -0.2) is 4.79 Å². The molecule has 0 bridgehead atoms. The molecule has 0 aliphatic heterocycles. The Morgan fingerprint density at radius 3 is 2.39 bits per heavy atom. The molecule has 0 aliphatic carbocycles. The molecule has 2 aromatic rings. The lowest BCUT2D eigenvalue weighted by Gasteiger charge is -2.25. The molecule has 0 amide bonds. The Bertz CT molecular complexity index is 616. The van der Waals surface area contributed by atoms with Crippen molar-refractivity contribution in [2.24, 2.45) is 0 Å². The van der Waals surface area contributed by atoms with Crippen LogP contribution in [0.15, 0.2) is 54.6 Å². The number of likely N-dealkylation sites (N-methyl/N-ethyl adjacent to an activating group) is 1. The van der Waals surface area contributed by atoms with Crippen molar-refractivity contribution in [3.8, 4) is 0 Å². The van der Waals surface area contributed by atoms with Gasteiger partial charge in [-0.3, -0.25) is 4.90 Å². The number of esters is 1. The summed E-state index contributed by atoms with van der Waals surface area (Å²) in [6.07, 6.45) is 0.897. The molecule has 23 heavy (non-hydrogen) atoms. The van der Waals surface area contributed by atoms with Crippen molar-refractivity contribution in [2.75, 3.05) is 14.2 Å². The second-order valence-corrected chi connectivity index (χ2v) is 5.65. The van der Waals surface area contributed by atoms with Gasteiger partial charge in [0.15, 0.2) is 0 Å². The molecule has 1 atom stereocenters. The number of hydrogen-bond donors (Lipinski definition) is 0. The summed E-state index contributed by atoms with van der Waals surface area (Å²) in [5.41, 5.74) is 3.06. The highest BCUT2D eigenvalue weighted by Gasteiger charge is 2.12. The van der Waals surface area contributed by atoms with Gasteiger partial charge < -0.3 is 4.74 Å². The van der Waals surface area contributed by atoms with Crippen molar-refractivity contribution in [2.45, 2.75) is 25.9 Å². The summed E-state index contributed by atoms with van der Waals surface area (Å²) >= 11 is 0. The van der Waals surface area contributed by atoms with Gasteiger partial charge in [0.1, 0.15) is 0 Å². The average molecular weight is 334 g/mol. The molecule has 0 saturated carbocycles. The number of benzene rings is 2. The lowest BCUT2D eigenvalue weighted by atomic mass is 10.0. The Kier molecular flexibility index (Phi) is 7.79. The number of carbonyl (C=O) groups excluding carboxylic acids is 1. The quantitative estimate of drug-likeness (QED) is 0.749. The van der Waals surface area contributed by atoms with Crippen molar-refractivity contribution in [3.05, 3.63) is 71.3 Å². The van der Waals surface area contributed by atoms with E-state index in [0.29, 0.717) is 11.6 Å². The maximum atomic E-state index is 11.6. The van der Waals surface area contributed by atoms with E-state index in [0.717, 1.165) is 18.5 Å². The first kappa shape index (κ1) is 19.2.